The molecule has 1 heterocycles. The predicted octanol–water partition coefficient (Wildman–Crippen LogP) is 3.09. The molecule has 0 aromatic heterocycles. The first-order valence-corrected chi connectivity index (χ1v) is 7.91. The molecule has 1 aliphatic rings. The van der Waals surface area contributed by atoms with Gasteiger partial charge in [0.15, 0.2) is 0 Å². The molecule has 23 heavy (non-hydrogen) atoms. The number of nitrogens with one attached hydrogen (secondary N) is 1. The molecular formula is C17H23F3N2O. The number of hydrogen-bond acceptors (Lipinski definition) is 2. The molecule has 1 fully saturated rings. The Balaban J connectivity index is 1.91. The van der Waals surface area contributed by atoms with E-state index in [-0.39, 0.29) is 17.9 Å². The number of piperidine rings is 1. The van der Waals surface area contributed by atoms with Crippen LogP contribution in [-0.4, -0.2) is 37.0 Å². The van der Waals surface area contributed by atoms with Crippen molar-refractivity contribution in [2.24, 2.45) is 5.92 Å². The van der Waals surface area contributed by atoms with E-state index in [9.17, 15) is 18.0 Å². The van der Waals surface area contributed by atoms with Crippen LogP contribution in [0.5, 0.6) is 0 Å². The average Bonchev–Trinajstić information content (AvgIpc) is 2.49. The van der Waals surface area contributed by atoms with Gasteiger partial charge in [0.2, 0.25) is 5.91 Å². The zero-order valence-electron chi connectivity index (χ0n) is 13.5. The topological polar surface area (TPSA) is 32.3 Å². The number of benzene rings is 1. The van der Waals surface area contributed by atoms with E-state index >= 15 is 0 Å². The third kappa shape index (κ3) is 5.23. The zero-order chi connectivity index (χ0) is 17.0. The lowest BCUT2D eigenvalue weighted by atomic mass is 9.97. The van der Waals surface area contributed by atoms with E-state index in [0.29, 0.717) is 12.0 Å². The summed E-state index contributed by atoms with van der Waals surface area (Å²) in [7, 11) is 2.05. The third-order valence-electron chi connectivity index (χ3n) is 4.31. The second kappa shape index (κ2) is 7.34. The fraction of sp³-hybridized carbons (Fsp3) is 0.588. The highest BCUT2D eigenvalue weighted by molar-refractivity contribution is 5.78. The maximum absolute atomic E-state index is 12.7. The smallest absolute Gasteiger partial charge is 0.353 e. The molecule has 1 atom stereocenters. The number of carbonyl (C=O) groups is 1. The Morgan fingerprint density at radius 3 is 2.61 bits per heavy atom. The summed E-state index contributed by atoms with van der Waals surface area (Å²) in [5.74, 6) is -0.435. The van der Waals surface area contributed by atoms with Crippen LogP contribution in [-0.2, 0) is 17.4 Å². The van der Waals surface area contributed by atoms with Crippen LogP contribution in [0.4, 0.5) is 13.2 Å². The Morgan fingerprint density at radius 1 is 1.35 bits per heavy atom. The summed E-state index contributed by atoms with van der Waals surface area (Å²) < 4.78 is 38.2. The van der Waals surface area contributed by atoms with E-state index < -0.39 is 11.7 Å². The molecule has 0 spiro atoms. The second-order valence-electron chi connectivity index (χ2n) is 6.39. The molecule has 1 aromatic rings. The van der Waals surface area contributed by atoms with Crippen LogP contribution in [0.2, 0.25) is 0 Å². The normalized spacial score (nSPS) is 18.7. The lowest BCUT2D eigenvalue weighted by molar-refractivity contribution is -0.137. The molecular weight excluding hydrogens is 305 g/mol. The molecule has 0 saturated carbocycles. The number of rotatable bonds is 4. The highest BCUT2D eigenvalue weighted by Crippen LogP contribution is 2.30. The quantitative estimate of drug-likeness (QED) is 0.921. The van der Waals surface area contributed by atoms with Crippen molar-refractivity contribution in [1.29, 1.82) is 0 Å². The largest absolute Gasteiger partial charge is 0.416 e. The van der Waals surface area contributed by atoms with E-state index in [1.807, 2.05) is 7.05 Å². The number of halogens is 3. The van der Waals surface area contributed by atoms with Gasteiger partial charge in [-0.1, -0.05) is 25.1 Å². The van der Waals surface area contributed by atoms with Gasteiger partial charge in [-0.25, -0.2) is 0 Å². The summed E-state index contributed by atoms with van der Waals surface area (Å²) in [6, 6.07) is 5.36. The van der Waals surface area contributed by atoms with Crippen LogP contribution < -0.4 is 5.32 Å². The van der Waals surface area contributed by atoms with Gasteiger partial charge in [0, 0.05) is 12.0 Å². The Labute approximate surface area is 134 Å². The molecule has 3 nitrogen and oxygen atoms in total. The van der Waals surface area contributed by atoms with Crippen LogP contribution in [0, 0.1) is 5.92 Å². The number of hydrogen-bond donors (Lipinski definition) is 1. The highest BCUT2D eigenvalue weighted by Gasteiger charge is 2.30. The summed E-state index contributed by atoms with van der Waals surface area (Å²) in [6.45, 7) is 3.66. The molecule has 128 valence electrons. The SMILES string of the molecule is C[C@@H](Cc1cccc(C(F)(F)F)c1)C(=O)NC1CCN(C)CC1. The molecule has 1 aromatic carbocycles. The lowest BCUT2D eigenvalue weighted by Crippen LogP contribution is -2.45. The fourth-order valence-corrected chi connectivity index (χ4v) is 2.82. The van der Waals surface area contributed by atoms with E-state index in [1.165, 1.54) is 6.07 Å². The molecule has 0 bridgehead atoms. The maximum Gasteiger partial charge on any atom is 0.416 e. The minimum Gasteiger partial charge on any atom is -0.353 e. The average molecular weight is 328 g/mol. The molecule has 1 aliphatic heterocycles. The van der Waals surface area contributed by atoms with Crippen molar-refractivity contribution in [2.75, 3.05) is 20.1 Å². The summed E-state index contributed by atoms with van der Waals surface area (Å²) in [4.78, 5) is 14.4. The van der Waals surface area contributed by atoms with Crippen molar-refractivity contribution in [3.8, 4) is 0 Å². The summed E-state index contributed by atoms with van der Waals surface area (Å²) in [5.41, 5.74) is -0.135. The number of likely N-dealkylation sites (tertiary alicyclic amines) is 1. The van der Waals surface area contributed by atoms with E-state index in [1.54, 1.807) is 13.0 Å². The van der Waals surface area contributed by atoms with Crippen molar-refractivity contribution >= 4 is 5.91 Å². The van der Waals surface area contributed by atoms with Crippen molar-refractivity contribution in [1.82, 2.24) is 10.2 Å². The third-order valence-corrected chi connectivity index (χ3v) is 4.31. The Bertz CT molecular complexity index is 537. The Hall–Kier alpha value is -1.56. The molecule has 0 unspecified atom stereocenters. The van der Waals surface area contributed by atoms with Gasteiger partial charge in [-0.3, -0.25) is 4.79 Å². The minimum absolute atomic E-state index is 0.0861. The van der Waals surface area contributed by atoms with Crippen LogP contribution in [0.25, 0.3) is 0 Å². The molecule has 1 saturated heterocycles. The predicted molar refractivity (Wildman–Crippen MR) is 83.0 cm³/mol. The van der Waals surface area contributed by atoms with Gasteiger partial charge in [-0.05, 0) is 51.0 Å². The fourth-order valence-electron chi connectivity index (χ4n) is 2.82. The molecule has 2 rings (SSSR count). The van der Waals surface area contributed by atoms with Gasteiger partial charge in [0.1, 0.15) is 0 Å². The monoisotopic (exact) mass is 328 g/mol. The number of carbonyl (C=O) groups excluding carboxylic acids is 1. The molecule has 1 N–H and O–H groups in total. The van der Waals surface area contributed by atoms with Crippen molar-refractivity contribution in [3.63, 3.8) is 0 Å². The van der Waals surface area contributed by atoms with Crippen LogP contribution in [0.15, 0.2) is 24.3 Å². The van der Waals surface area contributed by atoms with Crippen molar-refractivity contribution in [2.45, 2.75) is 38.4 Å². The first-order valence-electron chi connectivity index (χ1n) is 7.91. The first kappa shape index (κ1) is 17.8. The Morgan fingerprint density at radius 2 is 2.00 bits per heavy atom. The lowest BCUT2D eigenvalue weighted by Gasteiger charge is -2.30. The van der Waals surface area contributed by atoms with Gasteiger partial charge in [0.05, 0.1) is 5.56 Å². The Kier molecular flexibility index (Phi) is 5.68. The summed E-state index contributed by atoms with van der Waals surface area (Å²) >= 11 is 0. The van der Waals surface area contributed by atoms with Gasteiger partial charge in [-0.15, -0.1) is 0 Å². The second-order valence-corrected chi connectivity index (χ2v) is 6.39. The van der Waals surface area contributed by atoms with E-state index in [4.69, 9.17) is 0 Å². The van der Waals surface area contributed by atoms with Gasteiger partial charge < -0.3 is 10.2 Å². The van der Waals surface area contributed by atoms with Gasteiger partial charge in [0.25, 0.3) is 0 Å². The zero-order valence-corrected chi connectivity index (χ0v) is 13.5. The van der Waals surface area contributed by atoms with Gasteiger partial charge in [-0.2, -0.15) is 13.2 Å². The number of amides is 1. The van der Waals surface area contributed by atoms with Crippen LogP contribution in [0.3, 0.4) is 0 Å². The molecule has 0 radical (unpaired) electrons. The number of nitrogens with zero attached hydrogens (tertiary/aromatic N) is 1. The minimum atomic E-state index is -4.35. The maximum atomic E-state index is 12.7. The molecule has 6 heteroatoms. The van der Waals surface area contributed by atoms with Crippen LogP contribution in [0.1, 0.15) is 30.9 Å². The van der Waals surface area contributed by atoms with Crippen LogP contribution >= 0.6 is 0 Å². The standard InChI is InChI=1S/C17H23F3N2O/c1-12(16(23)21-15-6-8-22(2)9-7-15)10-13-4-3-5-14(11-13)17(18,19)20/h3-5,11-12,15H,6-10H2,1-2H3,(H,21,23)/t12-/m0/s1. The first-order chi connectivity index (χ1) is 10.8. The molecule has 0 aliphatic carbocycles. The van der Waals surface area contributed by atoms with E-state index in [0.717, 1.165) is 38.1 Å². The van der Waals surface area contributed by atoms with Crippen molar-refractivity contribution in [3.05, 3.63) is 35.4 Å². The van der Waals surface area contributed by atoms with Crippen molar-refractivity contribution < 1.29 is 18.0 Å². The summed E-state index contributed by atoms with van der Waals surface area (Å²) in [6.07, 6.45) is -2.21. The highest BCUT2D eigenvalue weighted by atomic mass is 19.4. The molecule has 1 amide bonds. The number of alkyl halides is 3. The van der Waals surface area contributed by atoms with Gasteiger partial charge >= 0.3 is 6.18 Å². The summed E-state index contributed by atoms with van der Waals surface area (Å²) in [5, 5.41) is 3.02. The van der Waals surface area contributed by atoms with E-state index in [2.05, 4.69) is 10.2 Å².